The first kappa shape index (κ1) is 12.0. The Labute approximate surface area is 88.5 Å². The Morgan fingerprint density at radius 2 is 1.33 bits per heavy atom. The number of hydrogen-bond donors (Lipinski definition) is 3. The second-order valence-electron chi connectivity index (χ2n) is 4.07. The summed E-state index contributed by atoms with van der Waals surface area (Å²) in [5, 5.41) is 18.2. The Balaban J connectivity index is 0.000000167. The molecule has 0 radical (unpaired) electrons. The second-order valence-corrected chi connectivity index (χ2v) is 4.07. The van der Waals surface area contributed by atoms with Crippen molar-refractivity contribution in [3.8, 4) is 0 Å². The predicted molar refractivity (Wildman–Crippen MR) is 53.6 cm³/mol. The minimum absolute atomic E-state index is 1.05. The lowest BCUT2D eigenvalue weighted by molar-refractivity contribution is -0.159. The third-order valence-electron chi connectivity index (χ3n) is 3.06. The first-order chi connectivity index (χ1) is 7.11. The van der Waals surface area contributed by atoms with Crippen LogP contribution in [0.2, 0.25) is 0 Å². The fourth-order valence-electron chi connectivity index (χ4n) is 2.28. The maximum Gasteiger partial charge on any atom is 0.414 e. The summed E-state index contributed by atoms with van der Waals surface area (Å²) < 4.78 is 0. The molecule has 0 aromatic rings. The van der Waals surface area contributed by atoms with Gasteiger partial charge in [0.1, 0.15) is 0 Å². The average molecular weight is 215 g/mol. The minimum Gasteiger partial charge on any atom is -0.473 e. The summed E-state index contributed by atoms with van der Waals surface area (Å²) in [7, 11) is 0. The molecule has 15 heavy (non-hydrogen) atoms. The average Bonchev–Trinajstić information content (AvgIpc) is 2.66. The van der Waals surface area contributed by atoms with E-state index in [9.17, 15) is 0 Å². The molecule has 1 saturated heterocycles. The smallest absolute Gasteiger partial charge is 0.414 e. The van der Waals surface area contributed by atoms with Gasteiger partial charge in [0, 0.05) is 0 Å². The van der Waals surface area contributed by atoms with Gasteiger partial charge in [-0.2, -0.15) is 0 Å². The van der Waals surface area contributed by atoms with Crippen LogP contribution >= 0.6 is 0 Å². The van der Waals surface area contributed by atoms with Crippen LogP contribution in [0.4, 0.5) is 0 Å². The number of aliphatic carboxylic acids is 2. The number of fused-ring (bicyclic) bond motifs is 1. The van der Waals surface area contributed by atoms with Crippen LogP contribution < -0.4 is 5.32 Å². The summed E-state index contributed by atoms with van der Waals surface area (Å²) in [5.41, 5.74) is 0. The summed E-state index contributed by atoms with van der Waals surface area (Å²) in [5.74, 6) is -1.54. The summed E-state index contributed by atoms with van der Waals surface area (Å²) in [4.78, 5) is 18.2. The fraction of sp³-hybridized carbons (Fsp3) is 0.800. The highest BCUT2D eigenvalue weighted by Crippen LogP contribution is 2.31. The molecule has 2 fully saturated rings. The van der Waals surface area contributed by atoms with Gasteiger partial charge in [-0.25, -0.2) is 9.59 Å². The third kappa shape index (κ3) is 3.87. The number of carboxylic acid groups (broad SMARTS) is 2. The fourth-order valence-corrected chi connectivity index (χ4v) is 2.28. The van der Waals surface area contributed by atoms with Gasteiger partial charge >= 0.3 is 11.9 Å². The van der Waals surface area contributed by atoms with E-state index >= 15 is 0 Å². The maximum atomic E-state index is 9.10. The van der Waals surface area contributed by atoms with Crippen LogP contribution in [0.3, 0.4) is 0 Å². The van der Waals surface area contributed by atoms with Crippen LogP contribution in [-0.4, -0.2) is 35.2 Å². The van der Waals surface area contributed by atoms with Crippen LogP contribution in [-0.2, 0) is 9.59 Å². The van der Waals surface area contributed by atoms with Gasteiger partial charge in [0.25, 0.3) is 0 Å². The van der Waals surface area contributed by atoms with Crippen LogP contribution in [0.25, 0.3) is 0 Å². The maximum absolute atomic E-state index is 9.10. The summed E-state index contributed by atoms with van der Waals surface area (Å²) in [6, 6.07) is 0. The van der Waals surface area contributed by atoms with Crippen molar-refractivity contribution in [1.82, 2.24) is 5.32 Å². The van der Waals surface area contributed by atoms with E-state index in [1.54, 1.807) is 0 Å². The second kappa shape index (κ2) is 5.70. The number of carbonyl (C=O) groups is 2. The lowest BCUT2D eigenvalue weighted by Crippen LogP contribution is -2.16. The van der Waals surface area contributed by atoms with Crippen molar-refractivity contribution in [1.29, 1.82) is 0 Å². The van der Waals surface area contributed by atoms with Crippen LogP contribution in [0.15, 0.2) is 0 Å². The molecular weight excluding hydrogens is 198 g/mol. The van der Waals surface area contributed by atoms with E-state index in [-0.39, 0.29) is 0 Å². The molecule has 1 aliphatic carbocycles. The van der Waals surface area contributed by atoms with Crippen molar-refractivity contribution < 1.29 is 19.8 Å². The lowest BCUT2D eigenvalue weighted by Gasteiger charge is -2.23. The quantitative estimate of drug-likeness (QED) is 0.514. The summed E-state index contributed by atoms with van der Waals surface area (Å²) in [6.45, 7) is 2.62. The molecule has 2 rings (SSSR count). The molecule has 0 bridgehead atoms. The highest BCUT2D eigenvalue weighted by Gasteiger charge is 2.28. The predicted octanol–water partition coefficient (Wildman–Crippen LogP) is 0.552. The molecule has 2 aliphatic rings. The molecule has 86 valence electrons. The zero-order valence-corrected chi connectivity index (χ0v) is 8.61. The normalized spacial score (nSPS) is 28.5. The van der Waals surface area contributed by atoms with Crippen LogP contribution in [0.1, 0.15) is 25.7 Å². The first-order valence-corrected chi connectivity index (χ1v) is 5.28. The van der Waals surface area contributed by atoms with Crippen molar-refractivity contribution in [2.75, 3.05) is 13.1 Å². The molecule has 2 atom stereocenters. The van der Waals surface area contributed by atoms with Crippen molar-refractivity contribution in [3.63, 3.8) is 0 Å². The number of carboxylic acids is 2. The van der Waals surface area contributed by atoms with E-state index in [0.717, 1.165) is 11.8 Å². The van der Waals surface area contributed by atoms with E-state index in [4.69, 9.17) is 19.8 Å². The molecule has 5 heteroatoms. The minimum atomic E-state index is -1.82. The molecule has 3 N–H and O–H groups in total. The van der Waals surface area contributed by atoms with Crippen molar-refractivity contribution in [3.05, 3.63) is 0 Å². The topological polar surface area (TPSA) is 86.6 Å². The van der Waals surface area contributed by atoms with Crippen LogP contribution in [0.5, 0.6) is 0 Å². The Kier molecular flexibility index (Phi) is 4.55. The van der Waals surface area contributed by atoms with Crippen molar-refractivity contribution >= 4 is 11.9 Å². The van der Waals surface area contributed by atoms with Gasteiger partial charge < -0.3 is 15.5 Å². The van der Waals surface area contributed by atoms with Gasteiger partial charge in [-0.15, -0.1) is 0 Å². The molecule has 1 saturated carbocycles. The molecule has 1 aliphatic heterocycles. The highest BCUT2D eigenvalue weighted by molar-refractivity contribution is 6.27. The number of rotatable bonds is 0. The lowest BCUT2D eigenvalue weighted by atomic mass is 9.82. The molecule has 0 amide bonds. The summed E-state index contributed by atoms with van der Waals surface area (Å²) >= 11 is 0. The van der Waals surface area contributed by atoms with E-state index in [2.05, 4.69) is 5.32 Å². The zero-order chi connectivity index (χ0) is 11.3. The van der Waals surface area contributed by atoms with Gasteiger partial charge in [0.15, 0.2) is 0 Å². The molecule has 1 heterocycles. The van der Waals surface area contributed by atoms with E-state index in [1.165, 1.54) is 38.8 Å². The van der Waals surface area contributed by atoms with Crippen molar-refractivity contribution in [2.24, 2.45) is 11.8 Å². The third-order valence-corrected chi connectivity index (χ3v) is 3.06. The summed E-state index contributed by atoms with van der Waals surface area (Å²) in [6.07, 6.45) is 5.97. The van der Waals surface area contributed by atoms with Gasteiger partial charge in [0.2, 0.25) is 0 Å². The van der Waals surface area contributed by atoms with Gasteiger partial charge in [-0.05, 0) is 37.8 Å². The Morgan fingerprint density at radius 3 is 1.67 bits per heavy atom. The molecule has 5 nitrogen and oxygen atoms in total. The number of hydrogen-bond acceptors (Lipinski definition) is 3. The van der Waals surface area contributed by atoms with Crippen LogP contribution in [0, 0.1) is 11.8 Å². The molecule has 0 aromatic carbocycles. The highest BCUT2D eigenvalue weighted by atomic mass is 16.4. The Morgan fingerprint density at radius 1 is 0.933 bits per heavy atom. The van der Waals surface area contributed by atoms with E-state index < -0.39 is 11.9 Å². The van der Waals surface area contributed by atoms with Gasteiger partial charge in [-0.3, -0.25) is 0 Å². The SMILES string of the molecule is C1CCC2CNCC2C1.O=C(O)C(=O)O. The Bertz CT molecular complexity index is 218. The largest absolute Gasteiger partial charge is 0.473 e. The standard InChI is InChI=1S/C8H15N.C2H2O4/c1-2-4-8-6-9-5-7(8)3-1;3-1(4)2(5)6/h7-9H,1-6H2;(H,3,4)(H,5,6). The van der Waals surface area contributed by atoms with E-state index in [0.29, 0.717) is 0 Å². The first-order valence-electron chi connectivity index (χ1n) is 5.28. The van der Waals surface area contributed by atoms with Gasteiger partial charge in [0.05, 0.1) is 0 Å². The van der Waals surface area contributed by atoms with Crippen molar-refractivity contribution in [2.45, 2.75) is 25.7 Å². The zero-order valence-electron chi connectivity index (χ0n) is 8.61. The molecular formula is C10H17NO4. The monoisotopic (exact) mass is 215 g/mol. The van der Waals surface area contributed by atoms with Gasteiger partial charge in [-0.1, -0.05) is 12.8 Å². The van der Waals surface area contributed by atoms with E-state index in [1.807, 2.05) is 0 Å². The molecule has 0 spiro atoms. The Hall–Kier alpha value is -1.10. The molecule has 2 unspecified atom stereocenters. The molecule has 0 aromatic heterocycles. The number of nitrogens with one attached hydrogen (secondary N) is 1.